The number of hydrogen-bond acceptors (Lipinski definition) is 3. The predicted molar refractivity (Wildman–Crippen MR) is 76.6 cm³/mol. The van der Waals surface area contributed by atoms with Crippen LogP contribution in [0.4, 0.5) is 11.4 Å². The summed E-state index contributed by atoms with van der Waals surface area (Å²) in [6, 6.07) is 10.1. The van der Waals surface area contributed by atoms with E-state index in [2.05, 4.69) is 10.6 Å². The second kappa shape index (κ2) is 6.06. The zero-order valence-corrected chi connectivity index (χ0v) is 11.3. The van der Waals surface area contributed by atoms with Gasteiger partial charge < -0.3 is 15.1 Å². The van der Waals surface area contributed by atoms with Crippen molar-refractivity contribution in [3.63, 3.8) is 0 Å². The molecular formula is C15H16N2O3. The summed E-state index contributed by atoms with van der Waals surface area (Å²) in [7, 11) is 0. The number of amides is 2. The first kappa shape index (κ1) is 13.9. The summed E-state index contributed by atoms with van der Waals surface area (Å²) in [5, 5.41) is 5.48. The topological polar surface area (TPSA) is 71.3 Å². The summed E-state index contributed by atoms with van der Waals surface area (Å²) >= 11 is 0. The molecule has 1 aromatic heterocycles. The second-order valence-electron chi connectivity index (χ2n) is 4.65. The zero-order valence-electron chi connectivity index (χ0n) is 11.3. The highest BCUT2D eigenvalue weighted by atomic mass is 16.3. The lowest BCUT2D eigenvalue weighted by molar-refractivity contribution is -0.118. The first-order valence-electron chi connectivity index (χ1n) is 6.32. The molecule has 0 saturated carbocycles. The molecule has 0 aliphatic heterocycles. The van der Waals surface area contributed by atoms with Gasteiger partial charge in [0.05, 0.1) is 6.26 Å². The summed E-state index contributed by atoms with van der Waals surface area (Å²) in [5.74, 6) is -0.179. The lowest BCUT2D eigenvalue weighted by atomic mass is 10.2. The Labute approximate surface area is 117 Å². The fourth-order valence-electron chi connectivity index (χ4n) is 1.52. The molecule has 104 valence electrons. The first-order valence-corrected chi connectivity index (χ1v) is 6.32. The molecule has 2 aromatic rings. The van der Waals surface area contributed by atoms with Gasteiger partial charge in [0.1, 0.15) is 0 Å². The van der Waals surface area contributed by atoms with Crippen molar-refractivity contribution in [2.45, 2.75) is 13.8 Å². The molecule has 0 atom stereocenters. The number of furan rings is 1. The predicted octanol–water partition coefficient (Wildman–Crippen LogP) is 3.13. The van der Waals surface area contributed by atoms with Crippen LogP contribution in [0, 0.1) is 5.92 Å². The van der Waals surface area contributed by atoms with Crippen molar-refractivity contribution in [3.8, 4) is 0 Å². The number of hydrogen-bond donors (Lipinski definition) is 2. The lowest BCUT2D eigenvalue weighted by Crippen LogP contribution is -2.17. The largest absolute Gasteiger partial charge is 0.459 e. The van der Waals surface area contributed by atoms with E-state index >= 15 is 0 Å². The molecule has 0 spiro atoms. The molecule has 0 unspecified atom stereocenters. The van der Waals surface area contributed by atoms with Crippen LogP contribution in [-0.2, 0) is 4.79 Å². The molecule has 5 heteroatoms. The molecule has 5 nitrogen and oxygen atoms in total. The Morgan fingerprint density at radius 2 is 1.60 bits per heavy atom. The number of benzene rings is 1. The zero-order chi connectivity index (χ0) is 14.5. The van der Waals surface area contributed by atoms with Crippen LogP contribution in [0.1, 0.15) is 24.4 Å². The van der Waals surface area contributed by atoms with Crippen LogP contribution >= 0.6 is 0 Å². The average molecular weight is 272 g/mol. The number of rotatable bonds is 4. The van der Waals surface area contributed by atoms with Gasteiger partial charge in [-0.3, -0.25) is 9.59 Å². The minimum absolute atomic E-state index is 0.0441. The van der Waals surface area contributed by atoms with E-state index in [0.717, 1.165) is 0 Å². The van der Waals surface area contributed by atoms with Crippen LogP contribution in [0.5, 0.6) is 0 Å². The summed E-state index contributed by atoms with van der Waals surface area (Å²) in [5.41, 5.74) is 1.33. The maximum Gasteiger partial charge on any atom is 0.291 e. The minimum atomic E-state index is -0.311. The van der Waals surface area contributed by atoms with Gasteiger partial charge in [-0.1, -0.05) is 13.8 Å². The third-order valence-corrected chi connectivity index (χ3v) is 2.68. The molecule has 2 rings (SSSR count). The lowest BCUT2D eigenvalue weighted by Gasteiger charge is -2.08. The molecule has 2 amide bonds. The second-order valence-corrected chi connectivity index (χ2v) is 4.65. The van der Waals surface area contributed by atoms with Gasteiger partial charge in [0.2, 0.25) is 5.91 Å². The summed E-state index contributed by atoms with van der Waals surface area (Å²) in [6.45, 7) is 3.65. The Morgan fingerprint density at radius 3 is 2.10 bits per heavy atom. The number of anilines is 2. The summed E-state index contributed by atoms with van der Waals surface area (Å²) < 4.78 is 5.00. The summed E-state index contributed by atoms with van der Waals surface area (Å²) in [6.07, 6.45) is 1.44. The highest BCUT2D eigenvalue weighted by molar-refractivity contribution is 6.02. The highest BCUT2D eigenvalue weighted by Crippen LogP contribution is 2.15. The standard InChI is InChI=1S/C15H16N2O3/c1-10(2)14(18)16-11-5-7-12(8-6-11)17-15(19)13-4-3-9-20-13/h3-10H,1-2H3,(H,16,18)(H,17,19). The van der Waals surface area contributed by atoms with Crippen LogP contribution < -0.4 is 10.6 Å². The van der Waals surface area contributed by atoms with Gasteiger partial charge in [-0.25, -0.2) is 0 Å². The molecule has 20 heavy (non-hydrogen) atoms. The SMILES string of the molecule is CC(C)C(=O)Nc1ccc(NC(=O)c2ccco2)cc1. The molecule has 0 fully saturated rings. The average Bonchev–Trinajstić information content (AvgIpc) is 2.95. The Bertz CT molecular complexity index is 586. The molecule has 0 radical (unpaired) electrons. The van der Waals surface area contributed by atoms with Crippen molar-refractivity contribution in [2.24, 2.45) is 5.92 Å². The van der Waals surface area contributed by atoms with E-state index in [0.29, 0.717) is 11.4 Å². The molecule has 1 aromatic carbocycles. The highest BCUT2D eigenvalue weighted by Gasteiger charge is 2.09. The van der Waals surface area contributed by atoms with Crippen LogP contribution in [-0.4, -0.2) is 11.8 Å². The van der Waals surface area contributed by atoms with E-state index < -0.39 is 0 Å². The quantitative estimate of drug-likeness (QED) is 0.898. The van der Waals surface area contributed by atoms with Gasteiger partial charge in [0, 0.05) is 17.3 Å². The fourth-order valence-corrected chi connectivity index (χ4v) is 1.52. The summed E-state index contributed by atoms with van der Waals surface area (Å²) in [4.78, 5) is 23.3. The molecule has 0 bridgehead atoms. The van der Waals surface area contributed by atoms with Gasteiger partial charge in [-0.05, 0) is 36.4 Å². The van der Waals surface area contributed by atoms with E-state index in [9.17, 15) is 9.59 Å². The van der Waals surface area contributed by atoms with Crippen molar-refractivity contribution < 1.29 is 14.0 Å². The van der Waals surface area contributed by atoms with Gasteiger partial charge in [0.25, 0.3) is 5.91 Å². The van der Waals surface area contributed by atoms with Crippen LogP contribution in [0.2, 0.25) is 0 Å². The van der Waals surface area contributed by atoms with Crippen molar-refractivity contribution in [1.82, 2.24) is 0 Å². The molecule has 0 aliphatic rings. The first-order chi connectivity index (χ1) is 9.56. The monoisotopic (exact) mass is 272 g/mol. The number of carbonyl (C=O) groups is 2. The molecule has 0 saturated heterocycles. The maximum atomic E-state index is 11.8. The fraction of sp³-hybridized carbons (Fsp3) is 0.200. The van der Waals surface area contributed by atoms with Crippen molar-refractivity contribution >= 4 is 23.2 Å². The van der Waals surface area contributed by atoms with E-state index in [4.69, 9.17) is 4.42 Å². The molecule has 0 aliphatic carbocycles. The van der Waals surface area contributed by atoms with E-state index in [-0.39, 0.29) is 23.5 Å². The molecule has 1 heterocycles. The van der Waals surface area contributed by atoms with Gasteiger partial charge in [-0.15, -0.1) is 0 Å². The Morgan fingerprint density at radius 1 is 1.00 bits per heavy atom. The van der Waals surface area contributed by atoms with Crippen molar-refractivity contribution in [1.29, 1.82) is 0 Å². The van der Waals surface area contributed by atoms with E-state index in [1.54, 1.807) is 36.4 Å². The van der Waals surface area contributed by atoms with Crippen LogP contribution in [0.15, 0.2) is 47.1 Å². The molecular weight excluding hydrogens is 256 g/mol. The normalized spacial score (nSPS) is 10.3. The Kier molecular flexibility index (Phi) is 4.20. The van der Waals surface area contributed by atoms with Gasteiger partial charge >= 0.3 is 0 Å². The Balaban J connectivity index is 1.98. The third-order valence-electron chi connectivity index (χ3n) is 2.68. The maximum absolute atomic E-state index is 11.8. The number of nitrogens with one attached hydrogen (secondary N) is 2. The van der Waals surface area contributed by atoms with E-state index in [1.807, 2.05) is 13.8 Å². The Hall–Kier alpha value is -2.56. The molecule has 2 N–H and O–H groups in total. The van der Waals surface area contributed by atoms with E-state index in [1.165, 1.54) is 6.26 Å². The van der Waals surface area contributed by atoms with Crippen molar-refractivity contribution in [2.75, 3.05) is 10.6 Å². The smallest absolute Gasteiger partial charge is 0.291 e. The number of carbonyl (C=O) groups excluding carboxylic acids is 2. The van der Waals surface area contributed by atoms with Crippen molar-refractivity contribution in [3.05, 3.63) is 48.4 Å². The minimum Gasteiger partial charge on any atom is -0.459 e. The van der Waals surface area contributed by atoms with Gasteiger partial charge in [0.15, 0.2) is 5.76 Å². The van der Waals surface area contributed by atoms with Crippen LogP contribution in [0.3, 0.4) is 0 Å². The van der Waals surface area contributed by atoms with Crippen LogP contribution in [0.25, 0.3) is 0 Å². The van der Waals surface area contributed by atoms with Gasteiger partial charge in [-0.2, -0.15) is 0 Å². The third kappa shape index (κ3) is 3.47.